The van der Waals surface area contributed by atoms with E-state index < -0.39 is 10.7 Å². The molecular weight excluding hydrogens is 271 g/mol. The van der Waals surface area contributed by atoms with Crippen molar-refractivity contribution in [3.63, 3.8) is 0 Å². The van der Waals surface area contributed by atoms with Gasteiger partial charge in [0.15, 0.2) is 0 Å². The summed E-state index contributed by atoms with van der Waals surface area (Å²) in [6.45, 7) is 6.55. The third-order valence-electron chi connectivity index (χ3n) is 4.52. The molecule has 0 amide bonds. The van der Waals surface area contributed by atoms with Crippen LogP contribution in [0.2, 0.25) is 0 Å². The second-order valence-electron chi connectivity index (χ2n) is 6.50. The molecule has 5 heteroatoms. The molecule has 0 bridgehead atoms. The minimum Gasteiger partial charge on any atom is -0.376 e. The number of nitrogens with one attached hydrogen (secondary N) is 1. The van der Waals surface area contributed by atoms with Crippen LogP contribution in [-0.4, -0.2) is 11.0 Å². The maximum atomic E-state index is 13.4. The maximum absolute atomic E-state index is 13.4. The molecule has 0 aromatic heterocycles. The van der Waals surface area contributed by atoms with Gasteiger partial charge in [-0.05, 0) is 36.7 Å². The van der Waals surface area contributed by atoms with Crippen LogP contribution in [-0.2, 0) is 0 Å². The van der Waals surface area contributed by atoms with Crippen molar-refractivity contribution >= 4 is 11.4 Å². The quantitative estimate of drug-likeness (QED) is 0.652. The number of hydrogen-bond acceptors (Lipinski definition) is 3. The molecule has 0 radical (unpaired) electrons. The Morgan fingerprint density at radius 1 is 1.38 bits per heavy atom. The Labute approximate surface area is 124 Å². The smallest absolute Gasteiger partial charge is 0.292 e. The lowest BCUT2D eigenvalue weighted by atomic mass is 9.74. The van der Waals surface area contributed by atoms with Crippen LogP contribution >= 0.6 is 0 Å². The van der Waals surface area contributed by atoms with Gasteiger partial charge < -0.3 is 5.32 Å². The van der Waals surface area contributed by atoms with Crippen LogP contribution in [0.4, 0.5) is 15.8 Å². The van der Waals surface area contributed by atoms with Gasteiger partial charge in [0.2, 0.25) is 0 Å². The molecule has 1 fully saturated rings. The van der Waals surface area contributed by atoms with Crippen molar-refractivity contribution in [2.75, 3.05) is 5.32 Å². The topological polar surface area (TPSA) is 55.2 Å². The molecule has 1 aromatic rings. The van der Waals surface area contributed by atoms with Gasteiger partial charge in [0.05, 0.1) is 4.92 Å². The Kier molecular flexibility index (Phi) is 4.80. The summed E-state index contributed by atoms with van der Waals surface area (Å²) >= 11 is 0. The Morgan fingerprint density at radius 2 is 2.10 bits per heavy atom. The lowest BCUT2D eigenvalue weighted by Gasteiger charge is -2.38. The second-order valence-corrected chi connectivity index (χ2v) is 6.50. The molecule has 2 rings (SSSR count). The standard InChI is InChI=1S/C16H23FN2O2/c1-10(2)13-6-4-11(3)8-14(13)18-15-9-12(17)5-7-16(15)19(20)21/h5,7,9-11,13-14,18H,4,6,8H2,1-3H3. The number of halogens is 1. The first-order valence-corrected chi connectivity index (χ1v) is 7.59. The Morgan fingerprint density at radius 3 is 2.71 bits per heavy atom. The van der Waals surface area contributed by atoms with Crippen LogP contribution in [0.15, 0.2) is 18.2 Å². The van der Waals surface area contributed by atoms with Crippen LogP contribution in [0.1, 0.15) is 40.0 Å². The van der Waals surface area contributed by atoms with E-state index in [1.54, 1.807) is 0 Å². The van der Waals surface area contributed by atoms with Crippen molar-refractivity contribution < 1.29 is 9.31 Å². The summed E-state index contributed by atoms with van der Waals surface area (Å²) in [7, 11) is 0. The first kappa shape index (κ1) is 15.7. The molecule has 0 aliphatic heterocycles. The molecule has 1 N–H and O–H groups in total. The van der Waals surface area contributed by atoms with Gasteiger partial charge in [0, 0.05) is 18.2 Å². The van der Waals surface area contributed by atoms with Gasteiger partial charge in [-0.1, -0.05) is 27.2 Å². The van der Waals surface area contributed by atoms with Crippen LogP contribution in [0.3, 0.4) is 0 Å². The van der Waals surface area contributed by atoms with Gasteiger partial charge in [-0.3, -0.25) is 10.1 Å². The van der Waals surface area contributed by atoms with E-state index in [9.17, 15) is 14.5 Å². The largest absolute Gasteiger partial charge is 0.376 e. The van der Waals surface area contributed by atoms with Crippen molar-refractivity contribution in [1.29, 1.82) is 0 Å². The molecule has 1 aliphatic rings. The molecule has 3 unspecified atom stereocenters. The number of nitro groups is 1. The molecule has 1 aromatic carbocycles. The van der Waals surface area contributed by atoms with Crippen LogP contribution < -0.4 is 5.32 Å². The molecule has 4 nitrogen and oxygen atoms in total. The molecule has 0 heterocycles. The summed E-state index contributed by atoms with van der Waals surface area (Å²) in [5, 5.41) is 14.3. The van der Waals surface area contributed by atoms with Crippen LogP contribution in [0.25, 0.3) is 0 Å². The molecule has 1 saturated carbocycles. The van der Waals surface area contributed by atoms with Crippen molar-refractivity contribution in [1.82, 2.24) is 0 Å². The normalized spacial score (nSPS) is 25.9. The number of hydrogen-bond donors (Lipinski definition) is 1. The first-order chi connectivity index (χ1) is 9.88. The molecule has 116 valence electrons. The molecule has 1 aliphatic carbocycles. The van der Waals surface area contributed by atoms with Gasteiger partial charge in [-0.15, -0.1) is 0 Å². The summed E-state index contributed by atoms with van der Waals surface area (Å²) in [5.41, 5.74) is 0.238. The van der Waals surface area contributed by atoms with Crippen molar-refractivity contribution in [3.05, 3.63) is 34.1 Å². The highest BCUT2D eigenvalue weighted by atomic mass is 19.1. The molecule has 3 atom stereocenters. The Bertz CT molecular complexity index is 519. The van der Waals surface area contributed by atoms with Gasteiger partial charge >= 0.3 is 0 Å². The van der Waals surface area contributed by atoms with E-state index in [4.69, 9.17) is 0 Å². The highest BCUT2D eigenvalue weighted by Crippen LogP contribution is 2.37. The zero-order valence-corrected chi connectivity index (χ0v) is 12.8. The van der Waals surface area contributed by atoms with Crippen molar-refractivity contribution in [2.45, 2.75) is 46.1 Å². The molecular formula is C16H23FN2O2. The number of rotatable bonds is 4. The summed E-state index contributed by atoms with van der Waals surface area (Å²) in [4.78, 5) is 10.6. The van der Waals surface area contributed by atoms with Gasteiger partial charge in [-0.25, -0.2) is 4.39 Å². The van der Waals surface area contributed by atoms with Crippen LogP contribution in [0, 0.1) is 33.7 Å². The zero-order chi connectivity index (χ0) is 15.6. The van der Waals surface area contributed by atoms with E-state index in [2.05, 4.69) is 26.1 Å². The maximum Gasteiger partial charge on any atom is 0.292 e. The summed E-state index contributed by atoms with van der Waals surface area (Å²) in [5.74, 6) is 1.10. The van der Waals surface area contributed by atoms with E-state index in [1.165, 1.54) is 18.6 Å². The van der Waals surface area contributed by atoms with Crippen molar-refractivity contribution in [2.24, 2.45) is 17.8 Å². The lowest BCUT2D eigenvalue weighted by Crippen LogP contribution is -2.38. The summed E-state index contributed by atoms with van der Waals surface area (Å²) < 4.78 is 13.4. The fourth-order valence-corrected chi connectivity index (χ4v) is 3.35. The van der Waals surface area contributed by atoms with Gasteiger partial charge in [0.25, 0.3) is 5.69 Å². The summed E-state index contributed by atoms with van der Waals surface area (Å²) in [6.07, 6.45) is 3.27. The fourth-order valence-electron chi connectivity index (χ4n) is 3.35. The van der Waals surface area contributed by atoms with E-state index in [0.717, 1.165) is 18.9 Å². The first-order valence-electron chi connectivity index (χ1n) is 7.59. The van der Waals surface area contributed by atoms with E-state index in [0.29, 0.717) is 23.4 Å². The zero-order valence-electron chi connectivity index (χ0n) is 12.8. The van der Waals surface area contributed by atoms with Gasteiger partial charge in [0.1, 0.15) is 11.5 Å². The average Bonchev–Trinajstić information content (AvgIpc) is 2.38. The predicted octanol–water partition coefficient (Wildman–Crippen LogP) is 4.61. The number of nitro benzene ring substituents is 1. The average molecular weight is 294 g/mol. The lowest BCUT2D eigenvalue weighted by molar-refractivity contribution is -0.384. The minimum atomic E-state index is -0.460. The third-order valence-corrected chi connectivity index (χ3v) is 4.52. The monoisotopic (exact) mass is 294 g/mol. The number of benzene rings is 1. The van der Waals surface area contributed by atoms with Crippen molar-refractivity contribution in [3.8, 4) is 0 Å². The SMILES string of the molecule is CC1CCC(C(C)C)C(Nc2cc(F)ccc2[N+](=O)[O-])C1. The third kappa shape index (κ3) is 3.71. The Hall–Kier alpha value is -1.65. The Balaban J connectivity index is 2.26. The predicted molar refractivity (Wildman–Crippen MR) is 81.8 cm³/mol. The van der Waals surface area contributed by atoms with Crippen LogP contribution in [0.5, 0.6) is 0 Å². The van der Waals surface area contributed by atoms with E-state index in [1.807, 2.05) is 0 Å². The van der Waals surface area contributed by atoms with E-state index >= 15 is 0 Å². The highest BCUT2D eigenvalue weighted by molar-refractivity contribution is 5.62. The number of nitrogens with zero attached hydrogens (tertiary/aromatic N) is 1. The number of anilines is 1. The van der Waals surface area contributed by atoms with E-state index in [-0.39, 0.29) is 11.7 Å². The molecule has 0 spiro atoms. The molecule has 21 heavy (non-hydrogen) atoms. The highest BCUT2D eigenvalue weighted by Gasteiger charge is 2.31. The fraction of sp³-hybridized carbons (Fsp3) is 0.625. The molecule has 0 saturated heterocycles. The minimum absolute atomic E-state index is 0.0582. The summed E-state index contributed by atoms with van der Waals surface area (Å²) in [6, 6.07) is 3.75. The second kappa shape index (κ2) is 6.41. The van der Waals surface area contributed by atoms with Gasteiger partial charge in [-0.2, -0.15) is 0 Å².